The summed E-state index contributed by atoms with van der Waals surface area (Å²) < 4.78 is 0. The van der Waals surface area contributed by atoms with Gasteiger partial charge in [0, 0.05) is 17.8 Å². The molecule has 0 saturated heterocycles. The van der Waals surface area contributed by atoms with E-state index < -0.39 is 0 Å². The number of aromatic nitrogens is 1. The topological polar surface area (TPSA) is 12.9 Å². The Labute approximate surface area is 78.8 Å². The van der Waals surface area contributed by atoms with E-state index in [9.17, 15) is 0 Å². The van der Waals surface area contributed by atoms with Crippen LogP contribution in [0, 0.1) is 0 Å². The van der Waals surface area contributed by atoms with Crippen molar-refractivity contribution < 1.29 is 0 Å². The largest absolute Gasteiger partial charge is 0.261 e. The van der Waals surface area contributed by atoms with Gasteiger partial charge < -0.3 is 0 Å². The quantitative estimate of drug-likeness (QED) is 0.632. The summed E-state index contributed by atoms with van der Waals surface area (Å²) in [6.45, 7) is 2.13. The number of pyridine rings is 1. The Hall–Kier alpha value is -1.37. The van der Waals surface area contributed by atoms with E-state index in [0.29, 0.717) is 5.92 Å². The summed E-state index contributed by atoms with van der Waals surface area (Å²) in [5.41, 5.74) is 2.52. The van der Waals surface area contributed by atoms with Crippen LogP contribution < -0.4 is 0 Å². The van der Waals surface area contributed by atoms with Gasteiger partial charge in [0.05, 0.1) is 0 Å². The summed E-state index contributed by atoms with van der Waals surface area (Å²) in [5, 5.41) is 0. The molecule has 1 aromatic rings. The first-order chi connectivity index (χ1) is 6.36. The molecule has 0 aliphatic heterocycles. The van der Waals surface area contributed by atoms with E-state index in [2.05, 4.69) is 36.2 Å². The monoisotopic (exact) mass is 171 g/mol. The molecule has 13 heavy (non-hydrogen) atoms. The number of hydrogen-bond acceptors (Lipinski definition) is 1. The van der Waals surface area contributed by atoms with Crippen LogP contribution in [0.1, 0.15) is 25.0 Å². The molecular formula is C12H13N. The van der Waals surface area contributed by atoms with Crippen LogP contribution in [0.4, 0.5) is 0 Å². The molecule has 1 aromatic heterocycles. The first kappa shape index (κ1) is 8.24. The van der Waals surface area contributed by atoms with Gasteiger partial charge in [-0.2, -0.15) is 0 Å². The van der Waals surface area contributed by atoms with Gasteiger partial charge in [-0.25, -0.2) is 0 Å². The van der Waals surface area contributed by atoms with E-state index in [0.717, 1.165) is 6.42 Å². The van der Waals surface area contributed by atoms with Crippen LogP contribution >= 0.6 is 0 Å². The standard InChI is InChI=1S/C12H13N/c1-10-5-7-11(8-6-10)12-4-2-3-9-13-12/h2-7,9,11H,8H2,1H3. The van der Waals surface area contributed by atoms with Gasteiger partial charge in [-0.15, -0.1) is 0 Å². The molecule has 0 amide bonds. The molecule has 66 valence electrons. The summed E-state index contributed by atoms with van der Waals surface area (Å²) in [4.78, 5) is 4.35. The van der Waals surface area contributed by atoms with Crippen molar-refractivity contribution in [2.45, 2.75) is 19.3 Å². The Kier molecular flexibility index (Phi) is 2.26. The third kappa shape index (κ3) is 1.86. The van der Waals surface area contributed by atoms with Crippen LogP contribution in [0.25, 0.3) is 0 Å². The lowest BCUT2D eigenvalue weighted by atomic mass is 9.94. The van der Waals surface area contributed by atoms with Crippen molar-refractivity contribution in [1.29, 1.82) is 0 Å². The van der Waals surface area contributed by atoms with Gasteiger partial charge in [0.15, 0.2) is 0 Å². The lowest BCUT2D eigenvalue weighted by Crippen LogP contribution is -1.99. The Bertz CT molecular complexity index is 335. The van der Waals surface area contributed by atoms with Crippen LogP contribution in [0.3, 0.4) is 0 Å². The molecule has 1 aliphatic carbocycles. The zero-order valence-electron chi connectivity index (χ0n) is 7.77. The smallest absolute Gasteiger partial charge is 0.0475 e. The van der Waals surface area contributed by atoms with E-state index in [-0.39, 0.29) is 0 Å². The maximum atomic E-state index is 4.35. The fourth-order valence-electron chi connectivity index (χ4n) is 1.54. The third-order valence-electron chi connectivity index (χ3n) is 2.35. The molecule has 1 aliphatic rings. The number of allylic oxidation sites excluding steroid dienone is 4. The van der Waals surface area contributed by atoms with Crippen LogP contribution in [0.2, 0.25) is 0 Å². The van der Waals surface area contributed by atoms with Crippen LogP contribution in [0.15, 0.2) is 48.2 Å². The van der Waals surface area contributed by atoms with Crippen LogP contribution in [-0.2, 0) is 0 Å². The molecule has 1 atom stereocenters. The van der Waals surface area contributed by atoms with Gasteiger partial charge in [-0.05, 0) is 25.5 Å². The fourth-order valence-corrected chi connectivity index (χ4v) is 1.54. The second-order valence-corrected chi connectivity index (χ2v) is 3.40. The summed E-state index contributed by atoms with van der Waals surface area (Å²) in [5.74, 6) is 0.477. The number of nitrogens with zero attached hydrogens (tertiary/aromatic N) is 1. The molecule has 1 heterocycles. The summed E-state index contributed by atoms with van der Waals surface area (Å²) in [6, 6.07) is 6.09. The van der Waals surface area contributed by atoms with Gasteiger partial charge in [0.1, 0.15) is 0 Å². The molecule has 0 spiro atoms. The van der Waals surface area contributed by atoms with Crippen molar-refractivity contribution in [3.63, 3.8) is 0 Å². The minimum atomic E-state index is 0.477. The minimum Gasteiger partial charge on any atom is -0.261 e. The second kappa shape index (κ2) is 3.56. The highest BCUT2D eigenvalue weighted by molar-refractivity contribution is 5.28. The molecule has 0 N–H and O–H groups in total. The van der Waals surface area contributed by atoms with Crippen molar-refractivity contribution in [2.24, 2.45) is 0 Å². The highest BCUT2D eigenvalue weighted by Gasteiger charge is 2.09. The molecule has 0 fully saturated rings. The highest BCUT2D eigenvalue weighted by Crippen LogP contribution is 2.24. The van der Waals surface area contributed by atoms with E-state index >= 15 is 0 Å². The molecule has 2 rings (SSSR count). The number of rotatable bonds is 1. The summed E-state index contributed by atoms with van der Waals surface area (Å²) in [7, 11) is 0. The van der Waals surface area contributed by atoms with Crippen molar-refractivity contribution in [1.82, 2.24) is 4.98 Å². The number of hydrogen-bond donors (Lipinski definition) is 0. The SMILES string of the molecule is CC1=CCC(c2ccccn2)C=C1. The van der Waals surface area contributed by atoms with Crippen molar-refractivity contribution in [3.8, 4) is 0 Å². The molecule has 0 radical (unpaired) electrons. The molecule has 1 heteroatoms. The molecule has 0 saturated carbocycles. The van der Waals surface area contributed by atoms with Crippen molar-refractivity contribution in [2.75, 3.05) is 0 Å². The van der Waals surface area contributed by atoms with E-state index in [1.54, 1.807) is 0 Å². The maximum Gasteiger partial charge on any atom is 0.0475 e. The Morgan fingerprint density at radius 3 is 2.92 bits per heavy atom. The molecule has 0 aromatic carbocycles. The third-order valence-corrected chi connectivity index (χ3v) is 2.35. The Morgan fingerprint density at radius 1 is 1.38 bits per heavy atom. The first-order valence-electron chi connectivity index (χ1n) is 4.62. The second-order valence-electron chi connectivity index (χ2n) is 3.40. The first-order valence-corrected chi connectivity index (χ1v) is 4.62. The van der Waals surface area contributed by atoms with Gasteiger partial charge in [0.25, 0.3) is 0 Å². The predicted octanol–water partition coefficient (Wildman–Crippen LogP) is 3.07. The highest BCUT2D eigenvalue weighted by atomic mass is 14.7. The van der Waals surface area contributed by atoms with E-state index in [1.807, 2.05) is 18.3 Å². The normalized spacial score (nSPS) is 21.3. The minimum absolute atomic E-state index is 0.477. The average molecular weight is 171 g/mol. The van der Waals surface area contributed by atoms with Crippen LogP contribution in [0.5, 0.6) is 0 Å². The van der Waals surface area contributed by atoms with E-state index in [4.69, 9.17) is 0 Å². The fraction of sp³-hybridized carbons (Fsp3) is 0.250. The lowest BCUT2D eigenvalue weighted by molar-refractivity contribution is 0.809. The molecule has 0 bridgehead atoms. The zero-order chi connectivity index (χ0) is 9.10. The lowest BCUT2D eigenvalue weighted by Gasteiger charge is -2.13. The Balaban J connectivity index is 2.18. The van der Waals surface area contributed by atoms with Crippen molar-refractivity contribution in [3.05, 3.63) is 53.9 Å². The molecule has 1 nitrogen and oxygen atoms in total. The summed E-state index contributed by atoms with van der Waals surface area (Å²) in [6.07, 6.45) is 9.60. The van der Waals surface area contributed by atoms with Crippen LogP contribution in [-0.4, -0.2) is 4.98 Å². The summed E-state index contributed by atoms with van der Waals surface area (Å²) >= 11 is 0. The zero-order valence-corrected chi connectivity index (χ0v) is 7.77. The van der Waals surface area contributed by atoms with Crippen molar-refractivity contribution >= 4 is 0 Å². The average Bonchev–Trinajstić information content (AvgIpc) is 2.20. The predicted molar refractivity (Wildman–Crippen MR) is 54.5 cm³/mol. The maximum absolute atomic E-state index is 4.35. The Morgan fingerprint density at radius 2 is 2.31 bits per heavy atom. The van der Waals surface area contributed by atoms with Gasteiger partial charge in [-0.1, -0.05) is 29.9 Å². The van der Waals surface area contributed by atoms with Gasteiger partial charge in [0.2, 0.25) is 0 Å². The van der Waals surface area contributed by atoms with E-state index in [1.165, 1.54) is 11.3 Å². The molecule has 1 unspecified atom stereocenters. The van der Waals surface area contributed by atoms with Gasteiger partial charge in [-0.3, -0.25) is 4.98 Å². The van der Waals surface area contributed by atoms with Gasteiger partial charge >= 0.3 is 0 Å². The molecular weight excluding hydrogens is 158 g/mol.